The molecule has 1 aromatic rings. The molecule has 0 spiro atoms. The van der Waals surface area contributed by atoms with Gasteiger partial charge in [0.05, 0.1) is 0 Å². The molecule has 1 fully saturated rings. The minimum atomic E-state index is 0.126. The summed E-state index contributed by atoms with van der Waals surface area (Å²) in [6.07, 6.45) is 2.35. The largest absolute Gasteiger partial charge is 0.350 e. The smallest absolute Gasteiger partial charge is 0.228 e. The minimum absolute atomic E-state index is 0.126. The SMILES string of the molecule is Clc1nc(Cl)nc(NC2CCCSC2)n1. The van der Waals surface area contributed by atoms with Gasteiger partial charge in [-0.15, -0.1) is 0 Å². The van der Waals surface area contributed by atoms with E-state index < -0.39 is 0 Å². The van der Waals surface area contributed by atoms with Gasteiger partial charge < -0.3 is 5.32 Å². The number of nitrogens with zero attached hydrogens (tertiary/aromatic N) is 3. The highest BCUT2D eigenvalue weighted by Crippen LogP contribution is 2.20. The molecule has 1 N–H and O–H groups in total. The van der Waals surface area contributed by atoms with Crippen molar-refractivity contribution in [3.63, 3.8) is 0 Å². The van der Waals surface area contributed by atoms with Gasteiger partial charge in [0.15, 0.2) is 0 Å². The van der Waals surface area contributed by atoms with Gasteiger partial charge in [0, 0.05) is 11.8 Å². The van der Waals surface area contributed by atoms with Crippen molar-refractivity contribution >= 4 is 40.9 Å². The molecule has 7 heteroatoms. The Kier molecular flexibility index (Phi) is 3.88. The standard InChI is InChI=1S/C8H10Cl2N4S/c9-6-12-7(10)14-8(13-6)11-5-2-1-3-15-4-5/h5H,1-4H2,(H,11,12,13,14). The quantitative estimate of drug-likeness (QED) is 0.890. The molecule has 0 radical (unpaired) electrons. The maximum atomic E-state index is 5.68. The number of rotatable bonds is 2. The fraction of sp³-hybridized carbons (Fsp3) is 0.625. The average molecular weight is 265 g/mol. The summed E-state index contributed by atoms with van der Waals surface area (Å²) in [5.41, 5.74) is 0. The number of hydrogen-bond acceptors (Lipinski definition) is 5. The molecular weight excluding hydrogens is 255 g/mol. The average Bonchev–Trinajstić information content (AvgIpc) is 2.17. The second-order valence-corrected chi connectivity index (χ2v) is 5.08. The van der Waals surface area contributed by atoms with Crippen molar-refractivity contribution in [2.45, 2.75) is 18.9 Å². The van der Waals surface area contributed by atoms with Crippen LogP contribution in [-0.2, 0) is 0 Å². The summed E-state index contributed by atoms with van der Waals surface area (Å²) < 4.78 is 0. The van der Waals surface area contributed by atoms with E-state index in [9.17, 15) is 0 Å². The first-order chi connectivity index (χ1) is 7.24. The van der Waals surface area contributed by atoms with E-state index in [2.05, 4.69) is 20.3 Å². The highest BCUT2D eigenvalue weighted by atomic mass is 35.5. The first kappa shape index (κ1) is 11.2. The number of halogens is 2. The molecule has 0 amide bonds. The highest BCUT2D eigenvalue weighted by molar-refractivity contribution is 7.99. The maximum absolute atomic E-state index is 5.68. The van der Waals surface area contributed by atoms with E-state index in [0.717, 1.165) is 12.2 Å². The van der Waals surface area contributed by atoms with E-state index in [1.807, 2.05) is 11.8 Å². The Bertz CT molecular complexity index is 323. The fourth-order valence-electron chi connectivity index (χ4n) is 1.43. The lowest BCUT2D eigenvalue weighted by atomic mass is 10.2. The molecule has 2 rings (SSSR count). The molecule has 1 aromatic heterocycles. The van der Waals surface area contributed by atoms with Crippen molar-refractivity contribution in [2.75, 3.05) is 16.8 Å². The summed E-state index contributed by atoms with van der Waals surface area (Å²) in [5, 5.41) is 3.46. The van der Waals surface area contributed by atoms with Crippen LogP contribution in [0.3, 0.4) is 0 Å². The summed E-state index contributed by atoms with van der Waals surface area (Å²) in [7, 11) is 0. The Morgan fingerprint density at radius 3 is 2.53 bits per heavy atom. The zero-order chi connectivity index (χ0) is 10.7. The van der Waals surface area contributed by atoms with Crippen LogP contribution in [0.15, 0.2) is 0 Å². The highest BCUT2D eigenvalue weighted by Gasteiger charge is 2.15. The lowest BCUT2D eigenvalue weighted by molar-refractivity contribution is 0.678. The maximum Gasteiger partial charge on any atom is 0.228 e. The lowest BCUT2D eigenvalue weighted by Gasteiger charge is -2.22. The molecule has 1 saturated heterocycles. The predicted octanol–water partition coefficient (Wildman–Crippen LogP) is 2.49. The molecule has 15 heavy (non-hydrogen) atoms. The van der Waals surface area contributed by atoms with Gasteiger partial charge in [-0.1, -0.05) is 0 Å². The van der Waals surface area contributed by atoms with Crippen LogP contribution in [0, 0.1) is 0 Å². The van der Waals surface area contributed by atoms with Crippen LogP contribution in [0.1, 0.15) is 12.8 Å². The third kappa shape index (κ3) is 3.36. The zero-order valence-corrected chi connectivity index (χ0v) is 10.2. The number of nitrogens with one attached hydrogen (secondary N) is 1. The van der Waals surface area contributed by atoms with Crippen LogP contribution in [0.2, 0.25) is 10.6 Å². The van der Waals surface area contributed by atoms with Crippen molar-refractivity contribution in [1.29, 1.82) is 0 Å². The molecular formula is C8H10Cl2N4S. The van der Waals surface area contributed by atoms with Crippen LogP contribution >= 0.6 is 35.0 Å². The van der Waals surface area contributed by atoms with E-state index in [1.54, 1.807) is 0 Å². The summed E-state index contributed by atoms with van der Waals surface area (Å²) in [6.45, 7) is 0. The molecule has 0 aromatic carbocycles. The lowest BCUT2D eigenvalue weighted by Crippen LogP contribution is -2.26. The number of anilines is 1. The van der Waals surface area contributed by atoms with Crippen molar-refractivity contribution < 1.29 is 0 Å². The fourth-order valence-corrected chi connectivity index (χ4v) is 2.86. The molecule has 2 heterocycles. The number of aromatic nitrogens is 3. The van der Waals surface area contributed by atoms with Gasteiger partial charge in [-0.2, -0.15) is 26.7 Å². The molecule has 1 atom stereocenters. The van der Waals surface area contributed by atoms with E-state index in [0.29, 0.717) is 12.0 Å². The second-order valence-electron chi connectivity index (χ2n) is 3.26. The van der Waals surface area contributed by atoms with Crippen LogP contribution in [0.25, 0.3) is 0 Å². The number of hydrogen-bond donors (Lipinski definition) is 1. The summed E-state index contributed by atoms with van der Waals surface area (Å²) in [5.74, 6) is 2.77. The van der Waals surface area contributed by atoms with E-state index in [1.165, 1.54) is 12.2 Å². The van der Waals surface area contributed by atoms with Crippen LogP contribution in [0.4, 0.5) is 5.95 Å². The molecule has 4 nitrogen and oxygen atoms in total. The Hall–Kier alpha value is -0.260. The zero-order valence-electron chi connectivity index (χ0n) is 7.91. The van der Waals surface area contributed by atoms with Gasteiger partial charge in [-0.25, -0.2) is 0 Å². The van der Waals surface area contributed by atoms with Gasteiger partial charge in [-0.05, 0) is 41.8 Å². The monoisotopic (exact) mass is 264 g/mol. The summed E-state index contributed by atoms with van der Waals surface area (Å²) in [6, 6.07) is 0.401. The Morgan fingerprint density at radius 1 is 1.20 bits per heavy atom. The van der Waals surface area contributed by atoms with E-state index in [4.69, 9.17) is 23.2 Å². The molecule has 0 bridgehead atoms. The third-order valence-corrected chi connectivity index (χ3v) is 3.63. The van der Waals surface area contributed by atoms with Gasteiger partial charge in [0.25, 0.3) is 0 Å². The molecule has 82 valence electrons. The van der Waals surface area contributed by atoms with Crippen LogP contribution in [0.5, 0.6) is 0 Å². The van der Waals surface area contributed by atoms with Crippen molar-refractivity contribution in [3.05, 3.63) is 10.6 Å². The number of thioether (sulfide) groups is 1. The normalized spacial score (nSPS) is 21.3. The van der Waals surface area contributed by atoms with Gasteiger partial charge in [0.1, 0.15) is 0 Å². The Labute approximate surface area is 102 Å². The molecule has 1 unspecified atom stereocenters. The van der Waals surface area contributed by atoms with Gasteiger partial charge in [-0.3, -0.25) is 0 Å². The Balaban J connectivity index is 2.02. The van der Waals surface area contributed by atoms with Crippen molar-refractivity contribution in [3.8, 4) is 0 Å². The molecule has 0 aliphatic carbocycles. The van der Waals surface area contributed by atoms with Gasteiger partial charge in [0.2, 0.25) is 16.5 Å². The van der Waals surface area contributed by atoms with Crippen molar-refractivity contribution in [2.24, 2.45) is 0 Å². The third-order valence-electron chi connectivity index (χ3n) is 2.07. The molecule has 0 saturated carbocycles. The van der Waals surface area contributed by atoms with E-state index >= 15 is 0 Å². The molecule has 1 aliphatic rings. The minimum Gasteiger partial charge on any atom is -0.350 e. The van der Waals surface area contributed by atoms with Gasteiger partial charge >= 0.3 is 0 Å². The van der Waals surface area contributed by atoms with Crippen LogP contribution in [-0.4, -0.2) is 32.5 Å². The van der Waals surface area contributed by atoms with E-state index in [-0.39, 0.29) is 10.6 Å². The second kappa shape index (κ2) is 5.18. The predicted molar refractivity (Wildman–Crippen MR) is 63.8 cm³/mol. The topological polar surface area (TPSA) is 50.7 Å². The molecule has 1 aliphatic heterocycles. The van der Waals surface area contributed by atoms with Crippen molar-refractivity contribution in [1.82, 2.24) is 15.0 Å². The first-order valence-corrected chi connectivity index (χ1v) is 6.56. The first-order valence-electron chi connectivity index (χ1n) is 4.65. The van der Waals surface area contributed by atoms with Crippen LogP contribution < -0.4 is 5.32 Å². The Morgan fingerprint density at radius 2 is 1.93 bits per heavy atom. The summed E-state index contributed by atoms with van der Waals surface area (Å²) in [4.78, 5) is 11.6. The summed E-state index contributed by atoms with van der Waals surface area (Å²) >= 11 is 13.3.